The fourth-order valence-corrected chi connectivity index (χ4v) is 3.28. The van der Waals surface area contributed by atoms with Crippen molar-refractivity contribution in [2.75, 3.05) is 17.7 Å². The summed E-state index contributed by atoms with van der Waals surface area (Å²) >= 11 is 0. The van der Waals surface area contributed by atoms with Crippen molar-refractivity contribution >= 4 is 34.3 Å². The first-order chi connectivity index (χ1) is 14.5. The van der Waals surface area contributed by atoms with Gasteiger partial charge >= 0.3 is 6.03 Å². The van der Waals surface area contributed by atoms with Gasteiger partial charge in [0.15, 0.2) is 0 Å². The second-order valence-electron chi connectivity index (χ2n) is 6.77. The number of anilines is 2. The van der Waals surface area contributed by atoms with Crippen molar-refractivity contribution in [1.82, 2.24) is 14.9 Å². The summed E-state index contributed by atoms with van der Waals surface area (Å²) in [7, 11) is 1.55. The second-order valence-corrected chi connectivity index (χ2v) is 6.77. The van der Waals surface area contributed by atoms with Crippen LogP contribution in [0.5, 0.6) is 0 Å². The highest BCUT2D eigenvalue weighted by Gasteiger charge is 2.13. The Balaban J connectivity index is 1.55. The predicted octanol–water partition coefficient (Wildman–Crippen LogP) is 4.34. The number of aromatic nitrogens is 2. The Labute approximate surface area is 173 Å². The van der Waals surface area contributed by atoms with E-state index < -0.39 is 0 Å². The van der Waals surface area contributed by atoms with Crippen molar-refractivity contribution in [2.45, 2.75) is 6.92 Å². The molecule has 3 aromatic carbocycles. The standard InChI is InChI=1S/C23H21N5O2/c1-15-25-20-14-16(8-13-21(20)28(15)19-6-4-3-5-7-19)22(29)26-17-9-11-18(12-10-17)27-23(30)24-2/h3-14H,1-2H3,(H,26,29)(H2,24,27,30). The first kappa shape index (κ1) is 19.2. The van der Waals surface area contributed by atoms with E-state index in [0.29, 0.717) is 16.9 Å². The molecule has 1 heterocycles. The monoisotopic (exact) mass is 399 g/mol. The molecule has 0 atom stereocenters. The average molecular weight is 399 g/mol. The molecule has 7 heteroatoms. The maximum Gasteiger partial charge on any atom is 0.318 e. The van der Waals surface area contributed by atoms with E-state index in [0.717, 1.165) is 22.5 Å². The van der Waals surface area contributed by atoms with E-state index >= 15 is 0 Å². The molecule has 0 saturated heterocycles. The van der Waals surface area contributed by atoms with Crippen LogP contribution in [0, 0.1) is 6.92 Å². The molecule has 0 unspecified atom stereocenters. The number of carbonyl (C=O) groups excluding carboxylic acids is 2. The number of urea groups is 1. The van der Waals surface area contributed by atoms with Crippen molar-refractivity contribution in [1.29, 1.82) is 0 Å². The Kier molecular flexibility index (Phi) is 5.17. The van der Waals surface area contributed by atoms with Crippen LogP contribution >= 0.6 is 0 Å². The minimum Gasteiger partial charge on any atom is -0.341 e. The van der Waals surface area contributed by atoms with Crippen LogP contribution in [0.3, 0.4) is 0 Å². The lowest BCUT2D eigenvalue weighted by Gasteiger charge is -2.09. The van der Waals surface area contributed by atoms with E-state index in [1.165, 1.54) is 0 Å². The largest absolute Gasteiger partial charge is 0.341 e. The fraction of sp³-hybridized carbons (Fsp3) is 0.0870. The quantitative estimate of drug-likeness (QED) is 0.477. The summed E-state index contributed by atoms with van der Waals surface area (Å²) in [6.45, 7) is 1.95. The normalized spacial score (nSPS) is 10.6. The summed E-state index contributed by atoms with van der Waals surface area (Å²) in [6.07, 6.45) is 0. The molecule has 150 valence electrons. The van der Waals surface area contributed by atoms with Crippen LogP contribution in [-0.4, -0.2) is 28.5 Å². The van der Waals surface area contributed by atoms with Crippen LogP contribution in [0.25, 0.3) is 16.7 Å². The number of carbonyl (C=O) groups is 2. The van der Waals surface area contributed by atoms with Crippen molar-refractivity contribution in [3.8, 4) is 5.69 Å². The summed E-state index contributed by atoms with van der Waals surface area (Å²) < 4.78 is 2.06. The highest BCUT2D eigenvalue weighted by Crippen LogP contribution is 2.23. The number of nitrogens with one attached hydrogen (secondary N) is 3. The lowest BCUT2D eigenvalue weighted by atomic mass is 10.1. The van der Waals surface area contributed by atoms with E-state index in [4.69, 9.17) is 0 Å². The third-order valence-corrected chi connectivity index (χ3v) is 4.73. The number of benzene rings is 3. The molecule has 0 aliphatic carbocycles. The van der Waals surface area contributed by atoms with Crippen LogP contribution < -0.4 is 16.0 Å². The first-order valence-corrected chi connectivity index (χ1v) is 9.50. The molecule has 1 aromatic heterocycles. The number of nitrogens with zero attached hydrogens (tertiary/aromatic N) is 2. The Bertz CT molecular complexity index is 1210. The van der Waals surface area contributed by atoms with E-state index in [1.54, 1.807) is 43.4 Å². The third-order valence-electron chi connectivity index (χ3n) is 4.73. The fourth-order valence-electron chi connectivity index (χ4n) is 3.28. The molecule has 4 aromatic rings. The van der Waals surface area contributed by atoms with E-state index in [-0.39, 0.29) is 11.9 Å². The molecular formula is C23H21N5O2. The lowest BCUT2D eigenvalue weighted by Crippen LogP contribution is -2.24. The second kappa shape index (κ2) is 8.08. The molecule has 30 heavy (non-hydrogen) atoms. The number of rotatable bonds is 4. The molecule has 7 nitrogen and oxygen atoms in total. The number of hydrogen-bond acceptors (Lipinski definition) is 3. The van der Waals surface area contributed by atoms with Crippen molar-refractivity contribution < 1.29 is 9.59 Å². The van der Waals surface area contributed by atoms with Gasteiger partial charge < -0.3 is 16.0 Å². The third kappa shape index (κ3) is 3.86. The highest BCUT2D eigenvalue weighted by molar-refractivity contribution is 6.06. The number of para-hydroxylation sites is 1. The maximum atomic E-state index is 12.7. The van der Waals surface area contributed by atoms with E-state index in [1.807, 2.05) is 43.3 Å². The zero-order chi connectivity index (χ0) is 21.1. The van der Waals surface area contributed by atoms with Crippen molar-refractivity contribution in [3.05, 3.63) is 84.2 Å². The van der Waals surface area contributed by atoms with Crippen LogP contribution in [0.15, 0.2) is 72.8 Å². The number of imidazole rings is 1. The molecule has 4 rings (SSSR count). The van der Waals surface area contributed by atoms with Gasteiger partial charge in [-0.05, 0) is 61.5 Å². The van der Waals surface area contributed by atoms with E-state index in [9.17, 15) is 9.59 Å². The van der Waals surface area contributed by atoms with Gasteiger partial charge in [0.25, 0.3) is 5.91 Å². The molecule has 0 aliphatic rings. The van der Waals surface area contributed by atoms with Gasteiger partial charge in [-0.2, -0.15) is 0 Å². The van der Waals surface area contributed by atoms with Crippen LogP contribution in [0.2, 0.25) is 0 Å². The smallest absolute Gasteiger partial charge is 0.318 e. The molecule has 0 aliphatic heterocycles. The predicted molar refractivity (Wildman–Crippen MR) is 118 cm³/mol. The minimum atomic E-state index is -0.301. The summed E-state index contributed by atoms with van der Waals surface area (Å²) in [4.78, 5) is 28.7. The summed E-state index contributed by atoms with van der Waals surface area (Å²) in [5.74, 6) is 0.629. The SMILES string of the molecule is CNC(=O)Nc1ccc(NC(=O)c2ccc3c(c2)nc(C)n3-c2ccccc2)cc1. The Hall–Kier alpha value is -4.13. The summed E-state index contributed by atoms with van der Waals surface area (Å²) in [6, 6.07) is 22.1. The molecule has 3 N–H and O–H groups in total. The summed E-state index contributed by atoms with van der Waals surface area (Å²) in [5.41, 5.74) is 4.52. The molecule has 0 bridgehead atoms. The highest BCUT2D eigenvalue weighted by atomic mass is 16.2. The van der Waals surface area contributed by atoms with Gasteiger partial charge in [-0.3, -0.25) is 9.36 Å². The van der Waals surface area contributed by atoms with E-state index in [2.05, 4.69) is 25.5 Å². The molecular weight excluding hydrogens is 378 g/mol. The summed E-state index contributed by atoms with van der Waals surface area (Å²) in [5, 5.41) is 8.03. The number of aryl methyl sites for hydroxylation is 1. The van der Waals surface area contributed by atoms with Crippen molar-refractivity contribution in [3.63, 3.8) is 0 Å². The van der Waals surface area contributed by atoms with Gasteiger partial charge in [-0.1, -0.05) is 18.2 Å². The van der Waals surface area contributed by atoms with Gasteiger partial charge in [0.1, 0.15) is 5.82 Å². The van der Waals surface area contributed by atoms with Crippen LogP contribution in [-0.2, 0) is 0 Å². The van der Waals surface area contributed by atoms with Crippen LogP contribution in [0.4, 0.5) is 16.2 Å². The number of hydrogen-bond donors (Lipinski definition) is 3. The average Bonchev–Trinajstić information content (AvgIpc) is 3.10. The van der Waals surface area contributed by atoms with Gasteiger partial charge in [0.05, 0.1) is 11.0 Å². The van der Waals surface area contributed by atoms with Crippen molar-refractivity contribution in [2.24, 2.45) is 0 Å². The zero-order valence-corrected chi connectivity index (χ0v) is 16.6. The Morgan fingerprint density at radius 2 is 1.53 bits per heavy atom. The molecule has 0 fully saturated rings. The molecule has 0 radical (unpaired) electrons. The number of amides is 3. The molecule has 0 saturated carbocycles. The van der Waals surface area contributed by atoms with Gasteiger partial charge in [-0.15, -0.1) is 0 Å². The first-order valence-electron chi connectivity index (χ1n) is 9.50. The topological polar surface area (TPSA) is 88.1 Å². The Morgan fingerprint density at radius 1 is 0.867 bits per heavy atom. The lowest BCUT2D eigenvalue weighted by molar-refractivity contribution is 0.102. The Morgan fingerprint density at radius 3 is 2.20 bits per heavy atom. The maximum absolute atomic E-state index is 12.7. The van der Waals surface area contributed by atoms with Gasteiger partial charge in [0.2, 0.25) is 0 Å². The number of fused-ring (bicyclic) bond motifs is 1. The zero-order valence-electron chi connectivity index (χ0n) is 16.6. The minimum absolute atomic E-state index is 0.226. The van der Waals surface area contributed by atoms with Gasteiger partial charge in [0, 0.05) is 29.7 Å². The van der Waals surface area contributed by atoms with Gasteiger partial charge in [-0.25, -0.2) is 9.78 Å². The van der Waals surface area contributed by atoms with Crippen LogP contribution in [0.1, 0.15) is 16.2 Å². The molecule has 3 amide bonds. The molecule has 0 spiro atoms.